The number of amides is 1. The van der Waals surface area contributed by atoms with Gasteiger partial charge in [0.1, 0.15) is 23.5 Å². The van der Waals surface area contributed by atoms with Gasteiger partial charge < -0.3 is 14.4 Å². The fraction of sp³-hybridized carbons (Fsp3) is 0.579. The Bertz CT molecular complexity index is 660. The highest BCUT2D eigenvalue weighted by atomic mass is 35.5. The summed E-state index contributed by atoms with van der Waals surface area (Å²) in [4.78, 5) is 13.6. The van der Waals surface area contributed by atoms with Crippen molar-refractivity contribution in [2.45, 2.75) is 51.7 Å². The molecule has 1 saturated carbocycles. The molecule has 1 aromatic rings. The van der Waals surface area contributed by atoms with E-state index in [0.717, 1.165) is 12.8 Å². The van der Waals surface area contributed by atoms with E-state index in [1.54, 1.807) is 30.1 Å². The lowest BCUT2D eigenvalue weighted by atomic mass is 10.1. The summed E-state index contributed by atoms with van der Waals surface area (Å²) in [6.07, 6.45) is 2.49. The standard InChI is InChI=1S/C19H25ClN2O3/c1-19(2,3)25-18(23)22(4)10-9-16(13-5-6-13)24-17-11-15(20)8-7-14(17)12-21/h7-8,11,13,16H,5-6,9-10H2,1-4H3. The van der Waals surface area contributed by atoms with Crippen molar-refractivity contribution >= 4 is 17.7 Å². The largest absolute Gasteiger partial charge is 0.489 e. The summed E-state index contributed by atoms with van der Waals surface area (Å²) in [5.41, 5.74) is -0.0456. The number of ether oxygens (including phenoxy) is 2. The summed E-state index contributed by atoms with van der Waals surface area (Å²) in [7, 11) is 1.72. The van der Waals surface area contributed by atoms with Gasteiger partial charge in [-0.3, -0.25) is 0 Å². The first kappa shape index (κ1) is 19.4. The second kappa shape index (κ2) is 7.97. The topological polar surface area (TPSA) is 62.6 Å². The van der Waals surface area contributed by atoms with Gasteiger partial charge in [0.2, 0.25) is 0 Å². The number of carbonyl (C=O) groups excluding carboxylic acids is 1. The van der Waals surface area contributed by atoms with E-state index in [1.165, 1.54) is 0 Å². The minimum absolute atomic E-state index is 0.0459. The molecule has 6 heteroatoms. The van der Waals surface area contributed by atoms with E-state index in [-0.39, 0.29) is 12.2 Å². The molecule has 1 amide bonds. The molecule has 0 N–H and O–H groups in total. The van der Waals surface area contributed by atoms with Crippen LogP contribution in [0.5, 0.6) is 5.75 Å². The normalized spacial score (nSPS) is 15.2. The molecule has 1 atom stereocenters. The zero-order valence-corrected chi connectivity index (χ0v) is 16.0. The molecule has 136 valence electrons. The second-order valence-corrected chi connectivity index (χ2v) is 7.87. The van der Waals surface area contributed by atoms with Crippen molar-refractivity contribution < 1.29 is 14.3 Å². The van der Waals surface area contributed by atoms with Crippen molar-refractivity contribution in [2.75, 3.05) is 13.6 Å². The summed E-state index contributed by atoms with van der Waals surface area (Å²) in [6.45, 7) is 6.06. The summed E-state index contributed by atoms with van der Waals surface area (Å²) >= 11 is 6.02. The molecular formula is C19H25ClN2O3. The van der Waals surface area contributed by atoms with Gasteiger partial charge in [-0.1, -0.05) is 11.6 Å². The van der Waals surface area contributed by atoms with Gasteiger partial charge in [-0.05, 0) is 51.7 Å². The van der Waals surface area contributed by atoms with Crippen LogP contribution in [0.15, 0.2) is 18.2 Å². The molecule has 0 saturated heterocycles. The Hall–Kier alpha value is -1.93. The number of hydrogen-bond acceptors (Lipinski definition) is 4. The number of nitriles is 1. The fourth-order valence-electron chi connectivity index (χ4n) is 2.46. The maximum absolute atomic E-state index is 12.1. The van der Waals surface area contributed by atoms with Crippen LogP contribution in [-0.2, 0) is 4.74 Å². The second-order valence-electron chi connectivity index (χ2n) is 7.44. The van der Waals surface area contributed by atoms with Gasteiger partial charge in [-0.25, -0.2) is 4.79 Å². The Morgan fingerprint density at radius 1 is 1.44 bits per heavy atom. The molecule has 1 aliphatic rings. The van der Waals surface area contributed by atoms with Crippen LogP contribution in [0.4, 0.5) is 4.79 Å². The van der Waals surface area contributed by atoms with Crippen molar-refractivity contribution in [3.8, 4) is 11.8 Å². The van der Waals surface area contributed by atoms with Gasteiger partial charge in [0, 0.05) is 31.1 Å². The summed E-state index contributed by atoms with van der Waals surface area (Å²) in [5.74, 6) is 0.962. The molecule has 2 rings (SSSR count). The smallest absolute Gasteiger partial charge is 0.410 e. The molecule has 1 aliphatic carbocycles. The lowest BCUT2D eigenvalue weighted by molar-refractivity contribution is 0.0274. The highest BCUT2D eigenvalue weighted by Gasteiger charge is 2.34. The summed E-state index contributed by atoms with van der Waals surface area (Å²) < 4.78 is 11.5. The monoisotopic (exact) mass is 364 g/mol. The molecule has 1 aromatic carbocycles. The molecule has 0 aromatic heterocycles. The molecule has 1 unspecified atom stereocenters. The predicted molar refractivity (Wildman–Crippen MR) is 96.8 cm³/mol. The van der Waals surface area contributed by atoms with Crippen LogP contribution < -0.4 is 4.74 Å². The Kier molecular flexibility index (Phi) is 6.18. The van der Waals surface area contributed by atoms with Gasteiger partial charge >= 0.3 is 6.09 Å². The minimum Gasteiger partial charge on any atom is -0.489 e. The van der Waals surface area contributed by atoms with Crippen molar-refractivity contribution in [1.82, 2.24) is 4.90 Å². The number of halogens is 1. The highest BCUT2D eigenvalue weighted by Crippen LogP contribution is 2.37. The van der Waals surface area contributed by atoms with Gasteiger partial charge in [0.15, 0.2) is 0 Å². The average Bonchev–Trinajstić information content (AvgIpc) is 3.34. The van der Waals surface area contributed by atoms with E-state index in [4.69, 9.17) is 21.1 Å². The molecular weight excluding hydrogens is 340 g/mol. The molecule has 0 radical (unpaired) electrons. The van der Waals surface area contributed by atoms with E-state index in [0.29, 0.717) is 35.2 Å². The highest BCUT2D eigenvalue weighted by molar-refractivity contribution is 6.30. The minimum atomic E-state index is -0.514. The summed E-state index contributed by atoms with van der Waals surface area (Å²) in [5, 5.41) is 9.77. The van der Waals surface area contributed by atoms with Crippen LogP contribution in [-0.4, -0.2) is 36.3 Å². The maximum atomic E-state index is 12.1. The number of nitrogens with zero attached hydrogens (tertiary/aromatic N) is 2. The van der Waals surface area contributed by atoms with Gasteiger partial charge in [-0.2, -0.15) is 5.26 Å². The first-order chi connectivity index (χ1) is 11.7. The Balaban J connectivity index is 1.97. The predicted octanol–water partition coefficient (Wildman–Crippen LogP) is 4.63. The van der Waals surface area contributed by atoms with Crippen LogP contribution in [0.2, 0.25) is 5.02 Å². The third-order valence-corrected chi connectivity index (χ3v) is 4.18. The molecule has 0 heterocycles. The number of hydrogen-bond donors (Lipinski definition) is 0. The van der Waals surface area contributed by atoms with Crippen molar-refractivity contribution in [3.05, 3.63) is 28.8 Å². The quantitative estimate of drug-likeness (QED) is 0.738. The van der Waals surface area contributed by atoms with E-state index >= 15 is 0 Å². The lowest BCUT2D eigenvalue weighted by Crippen LogP contribution is -2.36. The van der Waals surface area contributed by atoms with Crippen LogP contribution in [0.3, 0.4) is 0 Å². The van der Waals surface area contributed by atoms with E-state index < -0.39 is 5.60 Å². The molecule has 5 nitrogen and oxygen atoms in total. The molecule has 25 heavy (non-hydrogen) atoms. The third-order valence-electron chi connectivity index (χ3n) is 3.94. The zero-order valence-electron chi connectivity index (χ0n) is 15.2. The Morgan fingerprint density at radius 2 is 2.12 bits per heavy atom. The van der Waals surface area contributed by atoms with Crippen LogP contribution in [0.25, 0.3) is 0 Å². The van der Waals surface area contributed by atoms with Crippen LogP contribution in [0.1, 0.15) is 45.6 Å². The van der Waals surface area contributed by atoms with E-state index in [9.17, 15) is 10.1 Å². The van der Waals surface area contributed by atoms with Gasteiger partial charge in [0.25, 0.3) is 0 Å². The Morgan fingerprint density at radius 3 is 2.68 bits per heavy atom. The van der Waals surface area contributed by atoms with Crippen LogP contribution in [0, 0.1) is 17.2 Å². The first-order valence-corrected chi connectivity index (χ1v) is 8.88. The number of benzene rings is 1. The SMILES string of the molecule is CN(CCC(Oc1cc(Cl)ccc1C#N)C1CC1)C(=O)OC(C)(C)C. The number of rotatable bonds is 6. The number of carbonyl (C=O) groups is 1. The van der Waals surface area contributed by atoms with E-state index in [2.05, 4.69) is 6.07 Å². The lowest BCUT2D eigenvalue weighted by Gasteiger charge is -2.26. The van der Waals surface area contributed by atoms with Crippen molar-refractivity contribution in [1.29, 1.82) is 5.26 Å². The first-order valence-electron chi connectivity index (χ1n) is 8.50. The molecule has 0 aliphatic heterocycles. The average molecular weight is 365 g/mol. The van der Waals surface area contributed by atoms with E-state index in [1.807, 2.05) is 20.8 Å². The van der Waals surface area contributed by atoms with Crippen molar-refractivity contribution in [2.24, 2.45) is 5.92 Å². The maximum Gasteiger partial charge on any atom is 0.410 e. The fourth-order valence-corrected chi connectivity index (χ4v) is 2.62. The third kappa shape index (κ3) is 6.13. The molecule has 0 spiro atoms. The van der Waals surface area contributed by atoms with Gasteiger partial charge in [-0.15, -0.1) is 0 Å². The summed E-state index contributed by atoms with van der Waals surface area (Å²) in [6, 6.07) is 7.14. The molecule has 1 fully saturated rings. The van der Waals surface area contributed by atoms with Crippen LogP contribution >= 0.6 is 11.6 Å². The Labute approximate surface area is 154 Å². The van der Waals surface area contributed by atoms with Gasteiger partial charge in [0.05, 0.1) is 5.56 Å². The van der Waals surface area contributed by atoms with Crippen molar-refractivity contribution in [3.63, 3.8) is 0 Å². The molecule has 0 bridgehead atoms. The zero-order chi connectivity index (χ0) is 18.6.